The van der Waals surface area contributed by atoms with Crippen LogP contribution in [0.3, 0.4) is 0 Å². The molecule has 0 spiro atoms. The molecule has 1 N–H and O–H groups in total. The third-order valence-corrected chi connectivity index (χ3v) is 7.43. The Labute approximate surface area is 224 Å². The molecule has 1 unspecified atom stereocenters. The van der Waals surface area contributed by atoms with Gasteiger partial charge in [0, 0.05) is 48.4 Å². The zero-order valence-corrected chi connectivity index (χ0v) is 21.4. The van der Waals surface area contributed by atoms with Crippen LogP contribution < -0.4 is 10.9 Å². The van der Waals surface area contributed by atoms with Crippen LogP contribution in [-0.4, -0.2) is 31.1 Å². The lowest BCUT2D eigenvalue weighted by molar-refractivity contribution is -0.137. The Morgan fingerprint density at radius 1 is 1.18 bits per heavy atom. The Bertz CT molecular complexity index is 1580. The predicted molar refractivity (Wildman–Crippen MR) is 137 cm³/mol. The maximum atomic E-state index is 13.5. The van der Waals surface area contributed by atoms with E-state index in [1.165, 1.54) is 43.3 Å². The SMILES string of the molecule is Cc1c([S+]([O-])c2ccc(C#N)cc2)cc(C(=O)NCCCn2ccnc2)c(=O)n1-c1cccc(C(F)(F)F)c1. The van der Waals surface area contributed by atoms with Crippen molar-refractivity contribution in [2.45, 2.75) is 35.9 Å². The number of rotatable bonds is 8. The van der Waals surface area contributed by atoms with Crippen LogP contribution in [0, 0.1) is 18.3 Å². The number of alkyl halides is 3. The first-order valence-electron chi connectivity index (χ1n) is 11.7. The molecule has 8 nitrogen and oxygen atoms in total. The highest BCUT2D eigenvalue weighted by Gasteiger charge is 2.32. The molecule has 2 aromatic carbocycles. The van der Waals surface area contributed by atoms with E-state index in [1.54, 1.807) is 18.7 Å². The number of carbonyl (C=O) groups excluding carboxylic acids is 1. The van der Waals surface area contributed by atoms with E-state index in [9.17, 15) is 27.3 Å². The molecule has 0 aliphatic carbocycles. The van der Waals surface area contributed by atoms with E-state index in [4.69, 9.17) is 5.26 Å². The molecule has 0 bridgehead atoms. The van der Waals surface area contributed by atoms with Gasteiger partial charge in [-0.1, -0.05) is 6.07 Å². The second-order valence-corrected chi connectivity index (χ2v) is 9.96. The van der Waals surface area contributed by atoms with E-state index in [2.05, 4.69) is 10.3 Å². The highest BCUT2D eigenvalue weighted by molar-refractivity contribution is 7.91. The zero-order chi connectivity index (χ0) is 28.2. The Kier molecular flexibility index (Phi) is 8.23. The lowest BCUT2D eigenvalue weighted by Crippen LogP contribution is -2.35. The van der Waals surface area contributed by atoms with Crippen molar-refractivity contribution in [3.05, 3.63) is 106 Å². The third-order valence-electron chi connectivity index (χ3n) is 5.91. The number of halogens is 3. The molecular formula is C27H22F3N5O3S. The lowest BCUT2D eigenvalue weighted by Gasteiger charge is -2.19. The van der Waals surface area contributed by atoms with Crippen LogP contribution >= 0.6 is 0 Å². The monoisotopic (exact) mass is 553 g/mol. The Morgan fingerprint density at radius 2 is 1.92 bits per heavy atom. The van der Waals surface area contributed by atoms with E-state index in [0.717, 1.165) is 22.8 Å². The van der Waals surface area contributed by atoms with Crippen molar-refractivity contribution >= 4 is 17.1 Å². The largest absolute Gasteiger partial charge is 0.606 e. The number of nitriles is 1. The predicted octanol–water partition coefficient (Wildman–Crippen LogP) is 4.22. The highest BCUT2D eigenvalue weighted by atomic mass is 32.2. The standard InChI is InChI=1S/C27H22F3N5O3S/c1-18-24(39(38)22-8-6-19(16-31)7-9-22)15-23(25(36)33-10-3-12-34-13-11-32-17-34)26(37)35(18)21-5-2-4-20(14-21)27(28,29)30/h2,4-9,11,13-15,17H,3,10,12H2,1H3,(H,33,36). The summed E-state index contributed by atoms with van der Waals surface area (Å²) in [4.78, 5) is 30.9. The second-order valence-electron chi connectivity index (χ2n) is 8.51. The van der Waals surface area contributed by atoms with Gasteiger partial charge in [-0.25, -0.2) is 4.98 Å². The number of amides is 1. The number of imidazole rings is 1. The maximum absolute atomic E-state index is 13.5. The third kappa shape index (κ3) is 6.22. The van der Waals surface area contributed by atoms with E-state index >= 15 is 0 Å². The van der Waals surface area contributed by atoms with Crippen LogP contribution in [0.15, 0.2) is 87.9 Å². The van der Waals surface area contributed by atoms with E-state index < -0.39 is 34.4 Å². The van der Waals surface area contributed by atoms with Crippen molar-refractivity contribution in [1.29, 1.82) is 5.26 Å². The minimum Gasteiger partial charge on any atom is -0.606 e. The number of aryl methyl sites for hydroxylation is 1. The van der Waals surface area contributed by atoms with Crippen molar-refractivity contribution in [2.24, 2.45) is 0 Å². The average Bonchev–Trinajstić information content (AvgIpc) is 3.44. The molecular weight excluding hydrogens is 531 g/mol. The second kappa shape index (κ2) is 11.6. The first kappa shape index (κ1) is 27.7. The molecule has 12 heteroatoms. The van der Waals surface area contributed by atoms with Crippen molar-refractivity contribution in [3.63, 3.8) is 0 Å². The summed E-state index contributed by atoms with van der Waals surface area (Å²) >= 11 is -1.92. The minimum atomic E-state index is -4.66. The van der Waals surface area contributed by atoms with Gasteiger partial charge in [-0.3, -0.25) is 14.2 Å². The summed E-state index contributed by atoms with van der Waals surface area (Å²) < 4.78 is 56.6. The first-order chi connectivity index (χ1) is 18.6. The number of carbonyl (C=O) groups is 1. The quantitative estimate of drug-likeness (QED) is 0.259. The fourth-order valence-electron chi connectivity index (χ4n) is 3.92. The fraction of sp³-hybridized carbons (Fsp3) is 0.185. The van der Waals surface area contributed by atoms with E-state index in [0.29, 0.717) is 18.5 Å². The molecule has 0 aliphatic heterocycles. The molecule has 4 aromatic rings. The molecule has 0 saturated heterocycles. The number of aromatic nitrogens is 3. The molecule has 1 atom stereocenters. The van der Waals surface area contributed by atoms with E-state index in [1.807, 2.05) is 10.6 Å². The van der Waals surface area contributed by atoms with Gasteiger partial charge in [-0.2, -0.15) is 18.4 Å². The van der Waals surface area contributed by atoms with Crippen molar-refractivity contribution in [1.82, 2.24) is 19.4 Å². The lowest BCUT2D eigenvalue weighted by atomic mass is 10.1. The van der Waals surface area contributed by atoms with E-state index in [-0.39, 0.29) is 33.3 Å². The molecule has 200 valence electrons. The topological polar surface area (TPSA) is 116 Å². The van der Waals surface area contributed by atoms with Crippen LogP contribution in [-0.2, 0) is 23.9 Å². The van der Waals surface area contributed by atoms with Crippen LogP contribution in [0.5, 0.6) is 0 Å². The maximum Gasteiger partial charge on any atom is 0.416 e. The summed E-state index contributed by atoms with van der Waals surface area (Å²) in [5.41, 5.74) is -1.86. The molecule has 0 saturated carbocycles. The number of nitrogens with zero attached hydrogens (tertiary/aromatic N) is 4. The Hall–Kier alpha value is -4.34. The van der Waals surface area contributed by atoms with Crippen LogP contribution in [0.1, 0.15) is 33.6 Å². The number of nitrogens with one attached hydrogen (secondary N) is 1. The van der Waals surface area contributed by atoms with Gasteiger partial charge in [-0.05, 0) is 55.8 Å². The molecule has 0 radical (unpaired) electrons. The molecule has 4 rings (SSSR count). The normalized spacial score (nSPS) is 12.1. The Balaban J connectivity index is 1.76. The summed E-state index contributed by atoms with van der Waals surface area (Å²) in [5.74, 6) is -0.746. The molecule has 2 heterocycles. The van der Waals surface area contributed by atoms with Crippen molar-refractivity contribution in [2.75, 3.05) is 6.54 Å². The number of benzene rings is 2. The van der Waals surface area contributed by atoms with Gasteiger partial charge < -0.3 is 14.4 Å². The van der Waals surface area contributed by atoms with Gasteiger partial charge in [0.25, 0.3) is 11.5 Å². The van der Waals surface area contributed by atoms with Crippen molar-refractivity contribution < 1.29 is 22.5 Å². The molecule has 0 aliphatic rings. The summed E-state index contributed by atoms with van der Waals surface area (Å²) in [7, 11) is 0. The minimum absolute atomic E-state index is 0.0697. The molecule has 0 fully saturated rings. The van der Waals surface area contributed by atoms with Crippen molar-refractivity contribution in [3.8, 4) is 11.8 Å². The smallest absolute Gasteiger partial charge is 0.416 e. The highest BCUT2D eigenvalue weighted by Crippen LogP contribution is 2.31. The summed E-state index contributed by atoms with van der Waals surface area (Å²) in [5, 5.41) is 11.7. The van der Waals surface area contributed by atoms with Crippen LogP contribution in [0.25, 0.3) is 5.69 Å². The summed E-state index contributed by atoms with van der Waals surface area (Å²) in [6, 6.07) is 13.2. The summed E-state index contributed by atoms with van der Waals surface area (Å²) in [6.45, 7) is 2.23. The molecule has 39 heavy (non-hydrogen) atoms. The number of hydrogen-bond donors (Lipinski definition) is 1. The van der Waals surface area contributed by atoms with Gasteiger partial charge in [0.1, 0.15) is 5.56 Å². The molecule has 1 amide bonds. The first-order valence-corrected chi connectivity index (χ1v) is 12.9. The van der Waals surface area contributed by atoms with Crippen LogP contribution in [0.4, 0.5) is 13.2 Å². The van der Waals surface area contributed by atoms with Gasteiger partial charge in [0.05, 0.1) is 29.2 Å². The Morgan fingerprint density at radius 3 is 2.56 bits per heavy atom. The fourth-order valence-corrected chi connectivity index (χ4v) is 5.14. The zero-order valence-electron chi connectivity index (χ0n) is 20.6. The number of hydrogen-bond acceptors (Lipinski definition) is 5. The number of pyridine rings is 1. The molecule has 2 aromatic heterocycles. The summed E-state index contributed by atoms with van der Waals surface area (Å²) in [6.07, 6.45) is 0.878. The van der Waals surface area contributed by atoms with Gasteiger partial charge in [0.15, 0.2) is 9.79 Å². The average molecular weight is 554 g/mol. The van der Waals surface area contributed by atoms with Gasteiger partial charge >= 0.3 is 6.18 Å². The van der Waals surface area contributed by atoms with Crippen LogP contribution in [0.2, 0.25) is 0 Å². The van der Waals surface area contributed by atoms with Gasteiger partial charge in [-0.15, -0.1) is 0 Å². The van der Waals surface area contributed by atoms with Gasteiger partial charge in [0.2, 0.25) is 0 Å².